The molecular formula is C16H30N2O. The zero-order valence-electron chi connectivity index (χ0n) is 12.4. The largest absolute Gasteiger partial charge is 0.339 e. The van der Waals surface area contributed by atoms with Gasteiger partial charge in [0.05, 0.1) is 0 Å². The van der Waals surface area contributed by atoms with Crippen molar-refractivity contribution in [2.45, 2.75) is 70.8 Å². The average molecular weight is 266 g/mol. The van der Waals surface area contributed by atoms with Crippen LogP contribution in [0.2, 0.25) is 0 Å². The molecule has 2 aliphatic rings. The summed E-state index contributed by atoms with van der Waals surface area (Å²) < 4.78 is 0. The van der Waals surface area contributed by atoms with Gasteiger partial charge in [-0.15, -0.1) is 0 Å². The second-order valence-electron chi connectivity index (χ2n) is 6.38. The van der Waals surface area contributed by atoms with E-state index in [-0.39, 0.29) is 0 Å². The maximum Gasteiger partial charge on any atom is 0.225 e. The molecule has 2 N–H and O–H groups in total. The van der Waals surface area contributed by atoms with Crippen molar-refractivity contribution in [2.75, 3.05) is 13.1 Å². The van der Waals surface area contributed by atoms with Gasteiger partial charge >= 0.3 is 0 Å². The normalized spacial score (nSPS) is 32.3. The van der Waals surface area contributed by atoms with Crippen LogP contribution in [0.25, 0.3) is 0 Å². The molecular weight excluding hydrogens is 236 g/mol. The summed E-state index contributed by atoms with van der Waals surface area (Å²) in [7, 11) is 0. The molecule has 3 nitrogen and oxygen atoms in total. The zero-order chi connectivity index (χ0) is 13.7. The van der Waals surface area contributed by atoms with E-state index in [0.29, 0.717) is 24.4 Å². The van der Waals surface area contributed by atoms with E-state index in [9.17, 15) is 4.79 Å². The summed E-state index contributed by atoms with van der Waals surface area (Å²) in [6, 6.07) is 0.426. The molecule has 1 unspecified atom stereocenters. The molecule has 0 bridgehead atoms. The Morgan fingerprint density at radius 2 is 1.89 bits per heavy atom. The monoisotopic (exact) mass is 266 g/mol. The van der Waals surface area contributed by atoms with Crippen molar-refractivity contribution in [1.29, 1.82) is 0 Å². The molecule has 0 aromatic rings. The highest BCUT2D eigenvalue weighted by atomic mass is 16.2. The van der Waals surface area contributed by atoms with Crippen LogP contribution >= 0.6 is 0 Å². The lowest BCUT2D eigenvalue weighted by molar-refractivity contribution is -0.140. The molecule has 0 aromatic carbocycles. The van der Waals surface area contributed by atoms with E-state index in [1.165, 1.54) is 32.1 Å². The number of carbonyl (C=O) groups is 1. The van der Waals surface area contributed by atoms with Crippen LogP contribution in [0.15, 0.2) is 0 Å². The van der Waals surface area contributed by atoms with Crippen LogP contribution in [0, 0.1) is 11.8 Å². The summed E-state index contributed by atoms with van der Waals surface area (Å²) in [6.45, 7) is 3.95. The average Bonchev–Trinajstić information content (AvgIpc) is 2.47. The van der Waals surface area contributed by atoms with E-state index in [0.717, 1.165) is 38.1 Å². The van der Waals surface area contributed by atoms with E-state index < -0.39 is 0 Å². The number of rotatable bonds is 4. The Balaban J connectivity index is 1.90. The standard InChI is InChI=1S/C16H30N2O/c1-2-13-6-8-14(9-7-13)16(19)18-12-4-3-5-15(18)10-11-17/h13-15H,2-12,17H2,1H3. The molecule has 1 amide bonds. The number of likely N-dealkylation sites (tertiary alicyclic amines) is 1. The first-order valence-corrected chi connectivity index (χ1v) is 8.26. The minimum atomic E-state index is 0.307. The van der Waals surface area contributed by atoms with Gasteiger partial charge in [0.25, 0.3) is 0 Å². The van der Waals surface area contributed by atoms with E-state index in [1.807, 2.05) is 0 Å². The fourth-order valence-corrected chi connectivity index (χ4v) is 3.84. The predicted octanol–water partition coefficient (Wildman–Crippen LogP) is 2.93. The fraction of sp³-hybridized carbons (Fsp3) is 0.938. The number of piperidine rings is 1. The van der Waals surface area contributed by atoms with Gasteiger partial charge in [-0.25, -0.2) is 0 Å². The first kappa shape index (κ1) is 14.8. The molecule has 110 valence electrons. The highest BCUT2D eigenvalue weighted by Gasteiger charge is 2.33. The minimum Gasteiger partial charge on any atom is -0.339 e. The Bertz CT molecular complexity index is 282. The number of hydrogen-bond acceptors (Lipinski definition) is 2. The summed E-state index contributed by atoms with van der Waals surface area (Å²) in [5.74, 6) is 1.61. The molecule has 1 saturated carbocycles. The number of amides is 1. The third-order valence-corrected chi connectivity index (χ3v) is 5.18. The molecule has 0 spiro atoms. The maximum atomic E-state index is 12.7. The Labute approximate surface area is 117 Å². The van der Waals surface area contributed by atoms with Crippen molar-refractivity contribution < 1.29 is 4.79 Å². The van der Waals surface area contributed by atoms with Gasteiger partial charge in [-0.3, -0.25) is 4.79 Å². The van der Waals surface area contributed by atoms with Crippen LogP contribution in [0.5, 0.6) is 0 Å². The van der Waals surface area contributed by atoms with E-state index >= 15 is 0 Å². The fourth-order valence-electron chi connectivity index (χ4n) is 3.84. The third-order valence-electron chi connectivity index (χ3n) is 5.18. The van der Waals surface area contributed by atoms with Crippen molar-refractivity contribution in [3.63, 3.8) is 0 Å². The molecule has 1 saturated heterocycles. The Morgan fingerprint density at radius 3 is 2.53 bits per heavy atom. The Kier molecular flexibility index (Phi) is 5.68. The van der Waals surface area contributed by atoms with Crippen molar-refractivity contribution >= 4 is 5.91 Å². The summed E-state index contributed by atoms with van der Waals surface area (Å²) in [6.07, 6.45) is 10.6. The van der Waals surface area contributed by atoms with Crippen molar-refractivity contribution in [3.8, 4) is 0 Å². The van der Waals surface area contributed by atoms with Crippen molar-refractivity contribution in [1.82, 2.24) is 4.90 Å². The molecule has 3 heteroatoms. The highest BCUT2D eigenvalue weighted by Crippen LogP contribution is 2.33. The summed E-state index contributed by atoms with van der Waals surface area (Å²) in [5.41, 5.74) is 5.70. The number of carbonyl (C=O) groups excluding carboxylic acids is 1. The van der Waals surface area contributed by atoms with Gasteiger partial charge in [-0.2, -0.15) is 0 Å². The molecule has 1 atom stereocenters. The molecule has 2 rings (SSSR count). The van der Waals surface area contributed by atoms with Crippen molar-refractivity contribution in [2.24, 2.45) is 17.6 Å². The van der Waals surface area contributed by atoms with Crippen LogP contribution in [0.1, 0.15) is 64.7 Å². The molecule has 2 fully saturated rings. The van der Waals surface area contributed by atoms with Crippen LogP contribution in [0.3, 0.4) is 0 Å². The SMILES string of the molecule is CCC1CCC(C(=O)N2CCCCC2CCN)CC1. The van der Waals surface area contributed by atoms with Crippen molar-refractivity contribution in [3.05, 3.63) is 0 Å². The molecule has 0 radical (unpaired) electrons. The number of hydrogen-bond donors (Lipinski definition) is 1. The number of nitrogens with zero attached hydrogens (tertiary/aromatic N) is 1. The first-order chi connectivity index (χ1) is 9.26. The van der Waals surface area contributed by atoms with Gasteiger partial charge in [0, 0.05) is 18.5 Å². The molecule has 1 heterocycles. The van der Waals surface area contributed by atoms with Gasteiger partial charge in [0.2, 0.25) is 5.91 Å². The first-order valence-electron chi connectivity index (χ1n) is 8.26. The van der Waals surface area contributed by atoms with Gasteiger partial charge in [-0.1, -0.05) is 13.3 Å². The summed E-state index contributed by atoms with van der Waals surface area (Å²) in [5, 5.41) is 0. The second-order valence-corrected chi connectivity index (χ2v) is 6.38. The molecule has 1 aliphatic heterocycles. The van der Waals surface area contributed by atoms with E-state index in [2.05, 4.69) is 11.8 Å². The van der Waals surface area contributed by atoms with Crippen LogP contribution in [0.4, 0.5) is 0 Å². The van der Waals surface area contributed by atoms with Gasteiger partial charge < -0.3 is 10.6 Å². The second kappa shape index (κ2) is 7.28. The molecule has 0 aromatic heterocycles. The quantitative estimate of drug-likeness (QED) is 0.850. The molecule has 1 aliphatic carbocycles. The lowest BCUT2D eigenvalue weighted by Crippen LogP contribution is -2.47. The minimum absolute atomic E-state index is 0.307. The molecule has 19 heavy (non-hydrogen) atoms. The van der Waals surface area contributed by atoms with E-state index in [4.69, 9.17) is 5.73 Å². The Morgan fingerprint density at radius 1 is 1.16 bits per heavy atom. The Hall–Kier alpha value is -0.570. The van der Waals surface area contributed by atoms with Gasteiger partial charge in [-0.05, 0) is 63.8 Å². The maximum absolute atomic E-state index is 12.7. The zero-order valence-corrected chi connectivity index (χ0v) is 12.4. The lowest BCUT2D eigenvalue weighted by Gasteiger charge is -2.39. The summed E-state index contributed by atoms with van der Waals surface area (Å²) >= 11 is 0. The summed E-state index contributed by atoms with van der Waals surface area (Å²) in [4.78, 5) is 14.9. The van der Waals surface area contributed by atoms with E-state index in [1.54, 1.807) is 0 Å². The smallest absolute Gasteiger partial charge is 0.225 e. The van der Waals surface area contributed by atoms with Crippen LogP contribution in [-0.2, 0) is 4.79 Å². The number of nitrogens with two attached hydrogens (primary N) is 1. The topological polar surface area (TPSA) is 46.3 Å². The van der Waals surface area contributed by atoms with Crippen LogP contribution in [-0.4, -0.2) is 29.9 Å². The van der Waals surface area contributed by atoms with Gasteiger partial charge in [0.1, 0.15) is 0 Å². The lowest BCUT2D eigenvalue weighted by atomic mass is 9.80. The predicted molar refractivity (Wildman–Crippen MR) is 78.8 cm³/mol. The third kappa shape index (κ3) is 3.71. The van der Waals surface area contributed by atoms with Crippen LogP contribution < -0.4 is 5.73 Å². The van der Waals surface area contributed by atoms with Gasteiger partial charge in [0.15, 0.2) is 0 Å². The highest BCUT2D eigenvalue weighted by molar-refractivity contribution is 5.79.